The fourth-order valence-electron chi connectivity index (χ4n) is 3.07. The molecule has 146 valence electrons. The summed E-state index contributed by atoms with van der Waals surface area (Å²) >= 11 is 0. The number of fused-ring (bicyclic) bond motifs is 1. The summed E-state index contributed by atoms with van der Waals surface area (Å²) < 4.78 is 7.63. The van der Waals surface area contributed by atoms with Crippen LogP contribution in [0.3, 0.4) is 0 Å². The second-order valence-corrected chi connectivity index (χ2v) is 6.28. The molecular weight excluding hydrogens is 374 g/mol. The van der Waals surface area contributed by atoms with Gasteiger partial charge in [0.15, 0.2) is 11.7 Å². The van der Waals surface area contributed by atoms with E-state index in [0.29, 0.717) is 11.1 Å². The molecule has 0 saturated carbocycles. The molecule has 0 unspecified atom stereocenters. The highest BCUT2D eigenvalue weighted by Gasteiger charge is 2.43. The minimum atomic E-state index is -1.34. The van der Waals surface area contributed by atoms with Gasteiger partial charge in [-0.3, -0.25) is 14.9 Å². The minimum absolute atomic E-state index is 0.0334. The molecule has 3 N–H and O–H groups in total. The van der Waals surface area contributed by atoms with Gasteiger partial charge in [0.05, 0.1) is 23.4 Å². The second-order valence-electron chi connectivity index (χ2n) is 6.28. The van der Waals surface area contributed by atoms with Gasteiger partial charge < -0.3 is 20.1 Å². The zero-order valence-electron chi connectivity index (χ0n) is 14.2. The molecule has 0 amide bonds. The van der Waals surface area contributed by atoms with Crippen LogP contribution < -0.4 is 5.56 Å². The maximum absolute atomic E-state index is 12.7. The molecule has 0 aliphatic carbocycles. The van der Waals surface area contributed by atoms with E-state index in [1.165, 1.54) is 41.3 Å². The molecule has 4 atom stereocenters. The van der Waals surface area contributed by atoms with Crippen molar-refractivity contribution < 1.29 is 25.0 Å². The van der Waals surface area contributed by atoms with Crippen LogP contribution in [0.15, 0.2) is 41.5 Å². The summed E-state index contributed by atoms with van der Waals surface area (Å²) in [6.07, 6.45) is -1.87. The summed E-state index contributed by atoms with van der Waals surface area (Å²) in [4.78, 5) is 22.9. The zero-order chi connectivity index (χ0) is 20.0. The first-order chi connectivity index (χ1) is 13.4. The van der Waals surface area contributed by atoms with E-state index in [9.17, 15) is 30.2 Å². The van der Waals surface area contributed by atoms with Crippen LogP contribution in [0.25, 0.3) is 16.6 Å². The Morgan fingerprint density at radius 1 is 1.21 bits per heavy atom. The number of aliphatic hydroxyl groups is 3. The molecular formula is C16H15N5O7. The predicted molar refractivity (Wildman–Crippen MR) is 92.8 cm³/mol. The molecule has 4 rings (SSSR count). The second kappa shape index (κ2) is 6.76. The first-order valence-electron chi connectivity index (χ1n) is 8.25. The molecule has 0 bridgehead atoms. The van der Waals surface area contributed by atoms with Gasteiger partial charge in [-0.2, -0.15) is 14.9 Å². The quantitative estimate of drug-likeness (QED) is 0.378. The van der Waals surface area contributed by atoms with Gasteiger partial charge in [-0.25, -0.2) is 4.68 Å². The van der Waals surface area contributed by atoms with Crippen LogP contribution in [0.1, 0.15) is 6.23 Å². The first-order valence-corrected chi connectivity index (χ1v) is 8.25. The molecule has 1 aliphatic rings. The van der Waals surface area contributed by atoms with Crippen molar-refractivity contribution >= 4 is 16.6 Å². The van der Waals surface area contributed by atoms with Gasteiger partial charge in [0.2, 0.25) is 0 Å². The van der Waals surface area contributed by atoms with Crippen LogP contribution in [0.2, 0.25) is 0 Å². The Balaban J connectivity index is 1.73. The van der Waals surface area contributed by atoms with E-state index in [0.717, 1.165) is 4.68 Å². The Kier molecular flexibility index (Phi) is 4.39. The highest BCUT2D eigenvalue weighted by atomic mass is 16.6. The van der Waals surface area contributed by atoms with Gasteiger partial charge in [0, 0.05) is 23.7 Å². The molecule has 3 heterocycles. The molecule has 12 nitrogen and oxygen atoms in total. The van der Waals surface area contributed by atoms with E-state index < -0.39 is 41.6 Å². The van der Waals surface area contributed by atoms with Crippen LogP contribution in [0, 0.1) is 10.1 Å². The molecule has 1 saturated heterocycles. The molecule has 28 heavy (non-hydrogen) atoms. The summed E-state index contributed by atoms with van der Waals surface area (Å²) in [5.74, 6) is 0. The van der Waals surface area contributed by atoms with Gasteiger partial charge in [0.25, 0.3) is 11.2 Å². The van der Waals surface area contributed by atoms with Crippen molar-refractivity contribution in [1.29, 1.82) is 0 Å². The van der Waals surface area contributed by atoms with Crippen molar-refractivity contribution in [3.05, 3.63) is 57.1 Å². The topological polar surface area (TPSA) is 166 Å². The highest BCUT2D eigenvalue weighted by molar-refractivity contribution is 5.76. The predicted octanol–water partition coefficient (Wildman–Crippen LogP) is -0.898. The van der Waals surface area contributed by atoms with Gasteiger partial charge in [-0.1, -0.05) is 0 Å². The number of nitro benzene ring substituents is 1. The molecule has 0 radical (unpaired) electrons. The molecule has 2 aromatic heterocycles. The van der Waals surface area contributed by atoms with E-state index in [4.69, 9.17) is 4.74 Å². The first kappa shape index (κ1) is 18.2. The minimum Gasteiger partial charge on any atom is -0.394 e. The fraction of sp³-hybridized carbons (Fsp3) is 0.312. The summed E-state index contributed by atoms with van der Waals surface area (Å²) in [7, 11) is 0. The van der Waals surface area contributed by atoms with Crippen molar-refractivity contribution in [2.24, 2.45) is 0 Å². The molecule has 12 heteroatoms. The van der Waals surface area contributed by atoms with Crippen LogP contribution >= 0.6 is 0 Å². The van der Waals surface area contributed by atoms with Crippen LogP contribution in [0.5, 0.6) is 0 Å². The fourth-order valence-corrected chi connectivity index (χ4v) is 3.07. The third-order valence-corrected chi connectivity index (χ3v) is 4.55. The SMILES string of the molecule is O=c1c2nn([C@@H]3O[C@H](CO)[C@@H](O)[C@H]3O)cc2cnn1-c1ccc([N+](=O)[O-])cc1. The average molecular weight is 389 g/mol. The number of rotatable bonds is 4. The third-order valence-electron chi connectivity index (χ3n) is 4.55. The lowest BCUT2D eigenvalue weighted by atomic mass is 10.1. The molecule has 1 aromatic carbocycles. The summed E-state index contributed by atoms with van der Waals surface area (Å²) in [5.41, 5.74) is -0.338. The summed E-state index contributed by atoms with van der Waals surface area (Å²) in [5, 5.41) is 48.5. The van der Waals surface area contributed by atoms with E-state index in [-0.39, 0.29) is 11.2 Å². The van der Waals surface area contributed by atoms with Crippen LogP contribution in [-0.4, -0.2) is 64.7 Å². The van der Waals surface area contributed by atoms with Crippen LogP contribution in [-0.2, 0) is 4.74 Å². The lowest BCUT2D eigenvalue weighted by Crippen LogP contribution is -2.33. The zero-order valence-corrected chi connectivity index (χ0v) is 14.2. The normalized spacial score (nSPS) is 24.7. The lowest BCUT2D eigenvalue weighted by Gasteiger charge is -2.14. The Morgan fingerprint density at radius 3 is 2.54 bits per heavy atom. The van der Waals surface area contributed by atoms with Crippen LogP contribution in [0.4, 0.5) is 5.69 Å². The number of hydrogen-bond acceptors (Lipinski definition) is 9. The highest BCUT2D eigenvalue weighted by Crippen LogP contribution is 2.29. The maximum Gasteiger partial charge on any atom is 0.299 e. The van der Waals surface area contributed by atoms with Crippen molar-refractivity contribution in [3.63, 3.8) is 0 Å². The van der Waals surface area contributed by atoms with E-state index >= 15 is 0 Å². The summed E-state index contributed by atoms with van der Waals surface area (Å²) in [6, 6.07) is 5.29. The molecule has 3 aromatic rings. The van der Waals surface area contributed by atoms with Gasteiger partial charge in [-0.05, 0) is 12.1 Å². The number of aliphatic hydroxyl groups excluding tert-OH is 3. The molecule has 1 fully saturated rings. The molecule has 0 spiro atoms. The number of benzene rings is 1. The van der Waals surface area contributed by atoms with E-state index in [1.54, 1.807) is 0 Å². The van der Waals surface area contributed by atoms with Gasteiger partial charge in [0.1, 0.15) is 18.3 Å². The smallest absolute Gasteiger partial charge is 0.299 e. The Bertz CT molecular complexity index is 1090. The standard InChI is InChI=1S/C16H15N5O7/c22-7-11-13(23)14(24)16(28-11)19-6-8-5-17-20(15(25)12(8)18-19)9-1-3-10(4-2-9)21(26)27/h1-6,11,13-14,16,22-24H,7H2/t11-,13-,14-,16-/m1/s1. The van der Waals surface area contributed by atoms with Crippen molar-refractivity contribution in [2.45, 2.75) is 24.5 Å². The maximum atomic E-state index is 12.7. The number of nitrogens with zero attached hydrogens (tertiary/aromatic N) is 5. The number of aromatic nitrogens is 4. The van der Waals surface area contributed by atoms with Crippen molar-refractivity contribution in [2.75, 3.05) is 6.61 Å². The Morgan fingerprint density at radius 2 is 1.93 bits per heavy atom. The van der Waals surface area contributed by atoms with Crippen molar-refractivity contribution in [1.82, 2.24) is 19.6 Å². The number of ether oxygens (including phenoxy) is 1. The number of non-ortho nitro benzene ring substituents is 1. The molecule has 1 aliphatic heterocycles. The van der Waals surface area contributed by atoms with E-state index in [2.05, 4.69) is 10.2 Å². The largest absolute Gasteiger partial charge is 0.394 e. The number of hydrogen-bond donors (Lipinski definition) is 3. The van der Waals surface area contributed by atoms with Gasteiger partial charge in [-0.15, -0.1) is 0 Å². The Hall–Kier alpha value is -3.19. The van der Waals surface area contributed by atoms with Crippen molar-refractivity contribution in [3.8, 4) is 5.69 Å². The Labute approximate surface area is 156 Å². The van der Waals surface area contributed by atoms with E-state index in [1.807, 2.05) is 0 Å². The monoisotopic (exact) mass is 389 g/mol. The average Bonchev–Trinajstić information content (AvgIpc) is 3.24. The summed E-state index contributed by atoms with van der Waals surface area (Å²) in [6.45, 7) is -0.482. The number of nitro groups is 1. The third kappa shape index (κ3) is 2.84. The van der Waals surface area contributed by atoms with Gasteiger partial charge >= 0.3 is 0 Å². The lowest BCUT2D eigenvalue weighted by molar-refractivity contribution is -0.384.